The number of aromatic nitrogens is 3. The third-order valence-corrected chi connectivity index (χ3v) is 5.19. The molecule has 0 saturated carbocycles. The fourth-order valence-corrected chi connectivity index (χ4v) is 3.86. The number of likely N-dealkylation sites (tertiary alicyclic amines) is 1. The summed E-state index contributed by atoms with van der Waals surface area (Å²) in [5.41, 5.74) is 2.07. The first-order chi connectivity index (χ1) is 14.0. The van der Waals surface area contributed by atoms with E-state index >= 15 is 0 Å². The molecule has 0 amide bonds. The summed E-state index contributed by atoms with van der Waals surface area (Å²) in [4.78, 5) is 15.6. The number of piperidine rings is 1. The number of nitrogens with zero attached hydrogens (tertiary/aromatic N) is 4. The Kier molecular flexibility index (Phi) is 5.58. The highest BCUT2D eigenvalue weighted by molar-refractivity contribution is 5.63. The van der Waals surface area contributed by atoms with Crippen molar-refractivity contribution in [2.75, 3.05) is 13.1 Å². The van der Waals surface area contributed by atoms with Gasteiger partial charge in [0.1, 0.15) is 0 Å². The average Bonchev–Trinajstić information content (AvgIpc) is 2.74. The number of benzene rings is 1. The molecule has 0 N–H and O–H groups in total. The Bertz CT molecular complexity index is 960. The Labute approximate surface area is 167 Å². The van der Waals surface area contributed by atoms with Crippen LogP contribution in [0, 0.1) is 0 Å². The van der Waals surface area contributed by atoms with Gasteiger partial charge >= 0.3 is 6.18 Å². The van der Waals surface area contributed by atoms with Crippen molar-refractivity contribution in [1.29, 1.82) is 0 Å². The Morgan fingerprint density at radius 2 is 1.83 bits per heavy atom. The number of pyridine rings is 1. The second-order valence-electron chi connectivity index (χ2n) is 7.26. The van der Waals surface area contributed by atoms with E-state index < -0.39 is 11.7 Å². The third kappa shape index (κ3) is 4.62. The van der Waals surface area contributed by atoms with Crippen molar-refractivity contribution in [2.24, 2.45) is 0 Å². The minimum absolute atomic E-state index is 0.116. The van der Waals surface area contributed by atoms with Crippen LogP contribution in [0.4, 0.5) is 13.2 Å². The molecule has 1 atom stereocenters. The van der Waals surface area contributed by atoms with Gasteiger partial charge in [0.25, 0.3) is 0 Å². The van der Waals surface area contributed by atoms with Crippen LogP contribution in [0.3, 0.4) is 0 Å². The molecule has 4 nitrogen and oxygen atoms in total. The first-order valence-corrected chi connectivity index (χ1v) is 9.61. The number of hydrogen-bond acceptors (Lipinski definition) is 4. The van der Waals surface area contributed by atoms with Crippen molar-refractivity contribution in [3.8, 4) is 11.3 Å². The molecular weight excluding hydrogens is 377 g/mol. The summed E-state index contributed by atoms with van der Waals surface area (Å²) >= 11 is 0. The van der Waals surface area contributed by atoms with Crippen LogP contribution in [0.2, 0.25) is 0 Å². The lowest BCUT2D eigenvalue weighted by Gasteiger charge is -2.32. The molecule has 150 valence electrons. The Hall–Kier alpha value is -2.80. The minimum atomic E-state index is -4.39. The minimum Gasteiger partial charge on any atom is -0.297 e. The Morgan fingerprint density at radius 1 is 0.966 bits per heavy atom. The van der Waals surface area contributed by atoms with Crippen molar-refractivity contribution in [1.82, 2.24) is 19.9 Å². The van der Waals surface area contributed by atoms with Crippen LogP contribution in [0.5, 0.6) is 0 Å². The molecule has 0 bridgehead atoms. The monoisotopic (exact) mass is 398 g/mol. The summed E-state index contributed by atoms with van der Waals surface area (Å²) in [6, 6.07) is 11.2. The topological polar surface area (TPSA) is 41.9 Å². The standard InChI is InChI=1S/C22H21F3N4/c23-22(24,25)18-7-3-5-16(13-18)20-21(28-11-10-27-20)17-6-4-12-29(14-17)15-19-8-1-2-9-26-19/h1-3,5,7-11,13,17H,4,6,12,14-15H2/t17-/m1/s1. The summed E-state index contributed by atoms with van der Waals surface area (Å²) in [5.74, 6) is 0.116. The molecule has 2 aromatic heterocycles. The molecule has 1 aliphatic heterocycles. The van der Waals surface area contributed by atoms with E-state index in [1.165, 1.54) is 12.3 Å². The van der Waals surface area contributed by atoms with Gasteiger partial charge in [-0.1, -0.05) is 18.2 Å². The van der Waals surface area contributed by atoms with Gasteiger partial charge in [0.05, 0.1) is 22.6 Å². The maximum Gasteiger partial charge on any atom is 0.416 e. The highest BCUT2D eigenvalue weighted by Gasteiger charge is 2.31. The van der Waals surface area contributed by atoms with Gasteiger partial charge in [0.2, 0.25) is 0 Å². The van der Waals surface area contributed by atoms with Crippen LogP contribution in [0.1, 0.15) is 35.7 Å². The second kappa shape index (κ2) is 8.29. The van der Waals surface area contributed by atoms with Gasteiger partial charge < -0.3 is 0 Å². The van der Waals surface area contributed by atoms with Crippen molar-refractivity contribution in [3.05, 3.63) is 78.0 Å². The number of hydrogen-bond donors (Lipinski definition) is 0. The molecule has 3 heterocycles. The summed E-state index contributed by atoms with van der Waals surface area (Å²) in [7, 11) is 0. The van der Waals surface area contributed by atoms with E-state index in [1.807, 2.05) is 18.2 Å². The molecule has 0 radical (unpaired) electrons. The molecule has 4 rings (SSSR count). The van der Waals surface area contributed by atoms with Crippen molar-refractivity contribution in [3.63, 3.8) is 0 Å². The molecular formula is C22H21F3N4. The van der Waals surface area contributed by atoms with Gasteiger partial charge in [-0.25, -0.2) is 0 Å². The molecule has 1 saturated heterocycles. The molecule has 29 heavy (non-hydrogen) atoms. The van der Waals surface area contributed by atoms with E-state index in [9.17, 15) is 13.2 Å². The van der Waals surface area contributed by atoms with E-state index in [4.69, 9.17) is 0 Å². The van der Waals surface area contributed by atoms with Crippen LogP contribution in [0.25, 0.3) is 11.3 Å². The van der Waals surface area contributed by atoms with E-state index in [1.54, 1.807) is 18.5 Å². The van der Waals surface area contributed by atoms with E-state index in [2.05, 4.69) is 19.9 Å². The van der Waals surface area contributed by atoms with Crippen LogP contribution in [-0.2, 0) is 12.7 Å². The lowest BCUT2D eigenvalue weighted by molar-refractivity contribution is -0.137. The Morgan fingerprint density at radius 3 is 2.62 bits per heavy atom. The zero-order valence-corrected chi connectivity index (χ0v) is 15.8. The average molecular weight is 398 g/mol. The molecule has 1 aliphatic rings. The first-order valence-electron chi connectivity index (χ1n) is 9.61. The smallest absolute Gasteiger partial charge is 0.297 e. The van der Waals surface area contributed by atoms with Crippen LogP contribution < -0.4 is 0 Å². The molecule has 1 fully saturated rings. The van der Waals surface area contributed by atoms with Crippen molar-refractivity contribution < 1.29 is 13.2 Å². The molecule has 3 aromatic rings. The van der Waals surface area contributed by atoms with Gasteiger partial charge in [-0.15, -0.1) is 0 Å². The molecule has 1 aromatic carbocycles. The maximum atomic E-state index is 13.1. The lowest BCUT2D eigenvalue weighted by atomic mass is 9.91. The predicted molar refractivity (Wildman–Crippen MR) is 104 cm³/mol. The number of halogens is 3. The third-order valence-electron chi connectivity index (χ3n) is 5.19. The van der Waals surface area contributed by atoms with Crippen molar-refractivity contribution in [2.45, 2.75) is 31.5 Å². The first kappa shape index (κ1) is 19.5. The van der Waals surface area contributed by atoms with Gasteiger partial charge in [0.15, 0.2) is 0 Å². The largest absolute Gasteiger partial charge is 0.416 e. The maximum absolute atomic E-state index is 13.1. The highest BCUT2D eigenvalue weighted by Crippen LogP contribution is 2.35. The molecule has 0 aliphatic carbocycles. The quantitative estimate of drug-likeness (QED) is 0.625. The zero-order valence-electron chi connectivity index (χ0n) is 15.8. The lowest BCUT2D eigenvalue weighted by Crippen LogP contribution is -2.34. The van der Waals surface area contributed by atoms with E-state index in [-0.39, 0.29) is 5.92 Å². The molecule has 7 heteroatoms. The van der Waals surface area contributed by atoms with E-state index in [0.717, 1.165) is 56.0 Å². The van der Waals surface area contributed by atoms with Gasteiger partial charge in [-0.3, -0.25) is 19.9 Å². The number of rotatable bonds is 4. The molecule has 0 unspecified atom stereocenters. The highest BCUT2D eigenvalue weighted by atomic mass is 19.4. The number of alkyl halides is 3. The summed E-state index contributed by atoms with van der Waals surface area (Å²) in [6.45, 7) is 2.49. The van der Waals surface area contributed by atoms with Crippen LogP contribution in [0.15, 0.2) is 61.1 Å². The predicted octanol–water partition coefficient (Wildman–Crippen LogP) is 4.94. The molecule has 0 spiro atoms. The second-order valence-corrected chi connectivity index (χ2v) is 7.26. The van der Waals surface area contributed by atoms with Crippen molar-refractivity contribution >= 4 is 0 Å². The fraction of sp³-hybridized carbons (Fsp3) is 0.318. The zero-order chi connectivity index (χ0) is 20.3. The van der Waals surface area contributed by atoms with E-state index in [0.29, 0.717) is 11.3 Å². The van der Waals surface area contributed by atoms with Crippen LogP contribution in [-0.4, -0.2) is 32.9 Å². The Balaban J connectivity index is 1.60. The SMILES string of the molecule is FC(F)(F)c1cccc(-c2nccnc2[C@@H]2CCCN(Cc3ccccn3)C2)c1. The summed E-state index contributed by atoms with van der Waals surface area (Å²) in [5, 5.41) is 0. The normalized spacial score (nSPS) is 18.0. The summed E-state index contributed by atoms with van der Waals surface area (Å²) in [6.07, 6.45) is 2.48. The fourth-order valence-electron chi connectivity index (χ4n) is 3.86. The van der Waals surface area contributed by atoms with Gasteiger partial charge in [0, 0.05) is 43.2 Å². The van der Waals surface area contributed by atoms with Gasteiger partial charge in [-0.05, 0) is 43.7 Å². The van der Waals surface area contributed by atoms with Gasteiger partial charge in [-0.2, -0.15) is 13.2 Å². The summed E-state index contributed by atoms with van der Waals surface area (Å²) < 4.78 is 39.4. The van der Waals surface area contributed by atoms with Crippen LogP contribution >= 0.6 is 0 Å².